The predicted octanol–water partition coefficient (Wildman–Crippen LogP) is 3.63. The van der Waals surface area contributed by atoms with Crippen LogP contribution < -0.4 is 10.3 Å². The van der Waals surface area contributed by atoms with Crippen molar-refractivity contribution in [1.82, 2.24) is 15.3 Å². The fourth-order valence-electron chi connectivity index (χ4n) is 4.02. The molecular weight excluding hydrogens is 551 g/mol. The van der Waals surface area contributed by atoms with Gasteiger partial charge in [0.15, 0.2) is 0 Å². The number of benzene rings is 2. The molecule has 3 heterocycles. The van der Waals surface area contributed by atoms with E-state index in [0.717, 1.165) is 0 Å². The number of pyridine rings is 1. The molecule has 5 aromatic rings. The number of hydrogen-bond acceptors (Lipinski definition) is 6. The third-order valence-corrected chi connectivity index (χ3v) is 5.37. The van der Waals surface area contributed by atoms with Gasteiger partial charge in [-0.25, -0.2) is 12.1 Å². The summed E-state index contributed by atoms with van der Waals surface area (Å²) in [6.45, 7) is 6.73. The first-order chi connectivity index (χ1) is 17.0. The predicted molar refractivity (Wildman–Crippen MR) is 125 cm³/mol. The van der Waals surface area contributed by atoms with Crippen LogP contribution in [0.3, 0.4) is 0 Å². The fraction of sp³-hybridized carbons (Fsp3) is 0.0769. The second-order valence-corrected chi connectivity index (χ2v) is 7.36. The number of imide groups is 1. The van der Waals surface area contributed by atoms with Crippen molar-refractivity contribution in [3.63, 3.8) is 0 Å². The largest absolute Gasteiger partial charge is 0 e. The van der Waals surface area contributed by atoms with Crippen molar-refractivity contribution in [3.05, 3.63) is 84.1 Å². The van der Waals surface area contributed by atoms with Crippen LogP contribution in [0.25, 0.3) is 32.7 Å². The summed E-state index contributed by atoms with van der Waals surface area (Å²) in [5.74, 6) is -1.04. The average molecular weight is 569 g/mol. The van der Waals surface area contributed by atoms with Crippen molar-refractivity contribution >= 4 is 50.5 Å². The van der Waals surface area contributed by atoms with Crippen LogP contribution in [0.5, 0.6) is 5.75 Å². The van der Waals surface area contributed by atoms with E-state index in [1.807, 2.05) is 12.1 Å². The number of hydrogen-bond donors (Lipinski definition) is 2. The molecule has 1 aliphatic heterocycles. The molecule has 0 bridgehead atoms. The van der Waals surface area contributed by atoms with Crippen LogP contribution in [-0.4, -0.2) is 34.5 Å². The van der Waals surface area contributed by atoms with Crippen molar-refractivity contribution in [3.8, 4) is 5.75 Å². The van der Waals surface area contributed by atoms with Crippen LogP contribution in [0.15, 0.2) is 60.8 Å². The number of carbonyl (C=O) groups is 3. The van der Waals surface area contributed by atoms with E-state index in [2.05, 4.69) is 21.9 Å². The van der Waals surface area contributed by atoms with Gasteiger partial charge >= 0.3 is 11.3 Å². The third-order valence-electron chi connectivity index (χ3n) is 5.37. The SMILES string of the molecule is CCOC(=O)[c-]1cccc1.O=C1NC(=O)c2c1c1cccnc1c1[n-]c3ccc(O)cc3c21.[C-]#[O+].[Ru]. The van der Waals surface area contributed by atoms with E-state index in [1.54, 1.807) is 49.5 Å². The van der Waals surface area contributed by atoms with Gasteiger partial charge in [-0.2, -0.15) is 12.1 Å². The van der Waals surface area contributed by atoms with E-state index >= 15 is 0 Å². The molecule has 0 saturated carbocycles. The normalized spacial score (nSPS) is 11.5. The van der Waals surface area contributed by atoms with Gasteiger partial charge in [0.1, 0.15) is 5.75 Å². The molecule has 2 amide bonds. The summed E-state index contributed by atoms with van der Waals surface area (Å²) in [7, 11) is 0. The van der Waals surface area contributed by atoms with Crippen LogP contribution in [0, 0.1) is 6.65 Å². The number of phenols is 1. The Kier molecular flexibility index (Phi) is 8.07. The maximum Gasteiger partial charge on any atom is 0 e. The summed E-state index contributed by atoms with van der Waals surface area (Å²) in [6.07, 6.45) is 1.62. The molecule has 9 nitrogen and oxygen atoms in total. The first-order valence-electron chi connectivity index (χ1n) is 10.4. The molecule has 0 spiro atoms. The van der Waals surface area contributed by atoms with E-state index in [1.165, 1.54) is 6.07 Å². The number of aromatic nitrogens is 2. The maximum absolute atomic E-state index is 12.3. The van der Waals surface area contributed by atoms with Gasteiger partial charge in [0, 0.05) is 31.1 Å². The quantitative estimate of drug-likeness (QED) is 0.109. The maximum atomic E-state index is 12.3. The Morgan fingerprint density at radius 1 is 1.11 bits per heavy atom. The number of carbonyl (C=O) groups excluding carboxylic acids is 3. The number of nitrogens with zero attached hydrogens (tertiary/aromatic N) is 2. The summed E-state index contributed by atoms with van der Waals surface area (Å²) in [4.78, 5) is 44.3. The molecular formula is C26H17N3O6Ru-2. The molecule has 2 N–H and O–H groups in total. The van der Waals surface area contributed by atoms with Gasteiger partial charge in [-0.3, -0.25) is 24.7 Å². The van der Waals surface area contributed by atoms with E-state index < -0.39 is 11.8 Å². The Balaban J connectivity index is 0.000000237. The van der Waals surface area contributed by atoms with E-state index in [4.69, 9.17) is 9.39 Å². The van der Waals surface area contributed by atoms with Crippen molar-refractivity contribution in [2.75, 3.05) is 6.61 Å². The molecule has 10 heteroatoms. The number of rotatable bonds is 2. The second kappa shape index (κ2) is 11.0. The molecule has 0 aliphatic carbocycles. The zero-order chi connectivity index (χ0) is 25.1. The van der Waals surface area contributed by atoms with Crippen LogP contribution in [-0.2, 0) is 28.9 Å². The van der Waals surface area contributed by atoms with Crippen molar-refractivity contribution in [2.45, 2.75) is 6.92 Å². The number of aromatic hydroxyl groups is 1. The van der Waals surface area contributed by atoms with Crippen LogP contribution >= 0.6 is 0 Å². The molecule has 2 aromatic heterocycles. The minimum atomic E-state index is -0.446. The van der Waals surface area contributed by atoms with Crippen molar-refractivity contribution in [2.24, 2.45) is 0 Å². The Morgan fingerprint density at radius 3 is 2.50 bits per heavy atom. The van der Waals surface area contributed by atoms with Gasteiger partial charge in [-0.1, -0.05) is 17.7 Å². The topological polar surface area (TPSA) is 140 Å². The number of phenolic OH excluding ortho intramolecular Hbond substituents is 1. The number of amides is 2. The molecule has 182 valence electrons. The molecule has 0 atom stereocenters. The monoisotopic (exact) mass is 569 g/mol. The van der Waals surface area contributed by atoms with Gasteiger partial charge in [-0.15, -0.1) is 11.0 Å². The van der Waals surface area contributed by atoms with Gasteiger partial charge in [0.05, 0.1) is 23.3 Å². The minimum Gasteiger partial charge on any atom is 0 e. The van der Waals surface area contributed by atoms with Crippen LogP contribution in [0.1, 0.15) is 38.0 Å². The molecule has 0 saturated heterocycles. The van der Waals surface area contributed by atoms with Gasteiger partial charge in [0.25, 0.3) is 17.8 Å². The van der Waals surface area contributed by atoms with Gasteiger partial charge in [0.2, 0.25) is 0 Å². The summed E-state index contributed by atoms with van der Waals surface area (Å²) in [6, 6.07) is 15.3. The molecule has 1 aliphatic rings. The number of nitrogens with one attached hydrogen (secondary N) is 1. The van der Waals surface area contributed by atoms with E-state index in [-0.39, 0.29) is 31.2 Å². The summed E-state index contributed by atoms with van der Waals surface area (Å²) < 4.78 is 12.2. The van der Waals surface area contributed by atoms with E-state index in [0.29, 0.717) is 56.0 Å². The molecule has 36 heavy (non-hydrogen) atoms. The molecule has 6 rings (SSSR count). The third kappa shape index (κ3) is 4.53. The second-order valence-electron chi connectivity index (χ2n) is 7.36. The van der Waals surface area contributed by atoms with E-state index in [9.17, 15) is 19.5 Å². The van der Waals surface area contributed by atoms with Gasteiger partial charge < -0.3 is 14.8 Å². The molecule has 3 aromatic carbocycles. The fourth-order valence-corrected chi connectivity index (χ4v) is 4.02. The van der Waals surface area contributed by atoms with Crippen LogP contribution in [0.2, 0.25) is 0 Å². The first-order valence-corrected chi connectivity index (χ1v) is 10.4. The number of fused-ring (bicyclic) bond motifs is 8. The smallest absolute Gasteiger partial charge is 0 e. The number of esters is 1. The zero-order valence-electron chi connectivity index (χ0n) is 18.7. The van der Waals surface area contributed by atoms with Crippen LogP contribution in [0.4, 0.5) is 0 Å². The van der Waals surface area contributed by atoms with Gasteiger partial charge in [-0.05, 0) is 35.9 Å². The Hall–Kier alpha value is -4.23. The Morgan fingerprint density at radius 2 is 1.81 bits per heavy atom. The summed E-state index contributed by atoms with van der Waals surface area (Å²) >= 11 is 0. The molecule has 0 fully saturated rings. The molecule has 0 unspecified atom stereocenters. The standard InChI is InChI=1S/C17H9N3O3.C8H9O2.CO.Ru/c21-7-3-4-10-9(6-7)11-13-12(16(22)20-17(13)23)8-2-1-5-18-14(8)15(11)19-10;1-2-10-8(9)7-5-3-4-6-7;1-2;/h1-6H,(H3,18,19,20,21,22,23);3-6H,2H2,1H3;;/q;-1;;/p-1. The summed E-state index contributed by atoms with van der Waals surface area (Å²) in [5.41, 5.74) is 3.03. The number of ether oxygens (including phenoxy) is 1. The molecule has 0 radical (unpaired) electrons. The zero-order valence-corrected chi connectivity index (χ0v) is 20.5. The Labute approximate surface area is 217 Å². The first kappa shape index (κ1) is 26.4. The minimum absolute atomic E-state index is 0. The average Bonchev–Trinajstić information content (AvgIpc) is 3.59. The van der Waals surface area contributed by atoms with Crippen molar-refractivity contribution in [1.29, 1.82) is 0 Å². The Bertz CT molecular complexity index is 1620. The van der Waals surface area contributed by atoms with Crippen molar-refractivity contribution < 1.29 is 48.4 Å². The summed E-state index contributed by atoms with van der Waals surface area (Å²) in [5, 5.41) is 13.9.